The molecule has 4 aromatic rings. The molecule has 0 aromatic heterocycles. The predicted octanol–water partition coefficient (Wildman–Crippen LogP) is 7.11. The Morgan fingerprint density at radius 1 is 0.500 bits per heavy atom. The van der Waals surface area contributed by atoms with Gasteiger partial charge < -0.3 is 0 Å². The molecule has 0 atom stereocenters. The number of hydrogen-bond acceptors (Lipinski definition) is 3. The van der Waals surface area contributed by atoms with E-state index >= 15 is 0 Å². The van der Waals surface area contributed by atoms with Gasteiger partial charge >= 0.3 is 0 Å². The van der Waals surface area contributed by atoms with Gasteiger partial charge in [0.05, 0.1) is 23.3 Å². The highest BCUT2D eigenvalue weighted by Crippen LogP contribution is 2.40. The van der Waals surface area contributed by atoms with Crippen molar-refractivity contribution in [1.29, 1.82) is 10.5 Å². The number of nitriles is 2. The summed E-state index contributed by atoms with van der Waals surface area (Å²) in [6.07, 6.45) is 6.50. The van der Waals surface area contributed by atoms with Gasteiger partial charge in [-0.25, -0.2) is 0 Å². The van der Waals surface area contributed by atoms with Gasteiger partial charge in [-0.1, -0.05) is 84.9 Å². The van der Waals surface area contributed by atoms with Gasteiger partial charge in [-0.2, -0.15) is 10.5 Å². The molecule has 0 heterocycles. The second-order valence-corrected chi connectivity index (χ2v) is 7.59. The van der Waals surface area contributed by atoms with E-state index in [1.54, 1.807) is 12.2 Å². The largest absolute Gasteiger partial charge is 0.290 e. The van der Waals surface area contributed by atoms with Crippen LogP contribution >= 0.6 is 0 Å². The predicted molar refractivity (Wildman–Crippen MR) is 135 cm³/mol. The van der Waals surface area contributed by atoms with E-state index in [2.05, 4.69) is 42.5 Å². The molecule has 1 aliphatic carbocycles. The lowest BCUT2D eigenvalue weighted by Gasteiger charge is -2.16. The van der Waals surface area contributed by atoms with Crippen LogP contribution in [0.1, 0.15) is 11.1 Å². The number of nitrogens with zero attached hydrogens (tertiary/aromatic N) is 2. The minimum absolute atomic E-state index is 0.0926. The molecule has 0 aliphatic heterocycles. The first-order valence-electron chi connectivity index (χ1n) is 10.8. The molecule has 0 saturated heterocycles. The number of hydrogen-bond donors (Lipinski definition) is 0. The van der Waals surface area contributed by atoms with Crippen LogP contribution in [-0.4, -0.2) is 5.78 Å². The van der Waals surface area contributed by atoms with Crippen molar-refractivity contribution in [1.82, 2.24) is 0 Å². The van der Waals surface area contributed by atoms with Crippen LogP contribution in [-0.2, 0) is 4.79 Å². The number of benzene rings is 4. The zero-order valence-corrected chi connectivity index (χ0v) is 18.3. The average Bonchev–Trinajstić information content (AvgIpc) is 3.40. The van der Waals surface area contributed by atoms with Crippen LogP contribution < -0.4 is 0 Å². The van der Waals surface area contributed by atoms with Gasteiger partial charge in [0.1, 0.15) is 0 Å². The standard InChI is InChI=1S/C26H16N2.C5H4O/c27-17-19-9-13-22(14-10-19)25-8-4-7-24(21-5-2-1-3-6-21)26(25)23-15-11-20(18-28)12-16-23;6-5-3-1-2-4-5/h1-16H;1-4H. The lowest BCUT2D eigenvalue weighted by Crippen LogP contribution is -1.91. The third-order valence-electron chi connectivity index (χ3n) is 5.41. The monoisotopic (exact) mass is 436 g/mol. The van der Waals surface area contributed by atoms with Gasteiger partial charge in [0.25, 0.3) is 0 Å². The van der Waals surface area contributed by atoms with Crippen LogP contribution in [0.4, 0.5) is 0 Å². The molecule has 1 aliphatic rings. The molecule has 160 valence electrons. The Kier molecular flexibility index (Phi) is 6.89. The topological polar surface area (TPSA) is 64.7 Å². The number of rotatable bonds is 3. The Balaban J connectivity index is 0.000000398. The average molecular weight is 437 g/mol. The molecule has 4 aromatic carbocycles. The molecule has 0 bridgehead atoms. The van der Waals surface area contributed by atoms with Crippen LogP contribution in [0.5, 0.6) is 0 Å². The maximum Gasteiger partial charge on any atom is 0.178 e. The van der Waals surface area contributed by atoms with Gasteiger partial charge in [0, 0.05) is 0 Å². The lowest BCUT2D eigenvalue weighted by atomic mass is 9.87. The minimum Gasteiger partial charge on any atom is -0.290 e. The second-order valence-electron chi connectivity index (χ2n) is 7.59. The van der Waals surface area contributed by atoms with E-state index in [1.165, 1.54) is 12.2 Å². The summed E-state index contributed by atoms with van der Waals surface area (Å²) in [6, 6.07) is 36.2. The van der Waals surface area contributed by atoms with E-state index in [1.807, 2.05) is 66.7 Å². The van der Waals surface area contributed by atoms with Gasteiger partial charge in [-0.15, -0.1) is 0 Å². The minimum atomic E-state index is 0.0926. The number of allylic oxidation sites excluding steroid dienone is 4. The van der Waals surface area contributed by atoms with Crippen molar-refractivity contribution in [3.05, 3.63) is 132 Å². The summed E-state index contributed by atoms with van der Waals surface area (Å²) in [5.74, 6) is 0.0926. The summed E-state index contributed by atoms with van der Waals surface area (Å²) < 4.78 is 0. The third-order valence-corrected chi connectivity index (χ3v) is 5.41. The Morgan fingerprint density at radius 2 is 0.971 bits per heavy atom. The first kappa shape index (κ1) is 22.2. The van der Waals surface area contributed by atoms with Crippen molar-refractivity contribution in [2.24, 2.45) is 0 Å². The Bertz CT molecular complexity index is 1430. The maximum atomic E-state index is 10.1. The van der Waals surface area contributed by atoms with Crippen LogP contribution in [0.25, 0.3) is 33.4 Å². The van der Waals surface area contributed by atoms with E-state index in [4.69, 9.17) is 10.5 Å². The number of carbonyl (C=O) groups excluding carboxylic acids is 1. The molecule has 0 amide bonds. The zero-order valence-electron chi connectivity index (χ0n) is 18.3. The molecule has 0 fully saturated rings. The van der Waals surface area contributed by atoms with Crippen LogP contribution in [0.3, 0.4) is 0 Å². The molecular formula is C31H20N2O. The molecule has 0 spiro atoms. The highest BCUT2D eigenvalue weighted by atomic mass is 16.1. The summed E-state index contributed by atoms with van der Waals surface area (Å²) in [5.41, 5.74) is 7.86. The number of ketones is 1. The van der Waals surface area contributed by atoms with E-state index in [9.17, 15) is 4.79 Å². The fourth-order valence-electron chi connectivity index (χ4n) is 3.75. The summed E-state index contributed by atoms with van der Waals surface area (Å²) in [5, 5.41) is 18.2. The summed E-state index contributed by atoms with van der Waals surface area (Å²) in [4.78, 5) is 10.1. The highest BCUT2D eigenvalue weighted by molar-refractivity contribution is 6.02. The Hall–Kier alpha value is -4.99. The van der Waals surface area contributed by atoms with Crippen molar-refractivity contribution >= 4 is 5.78 Å². The summed E-state index contributed by atoms with van der Waals surface area (Å²) in [6.45, 7) is 0. The van der Waals surface area contributed by atoms with E-state index < -0.39 is 0 Å². The van der Waals surface area contributed by atoms with Gasteiger partial charge in [-0.05, 0) is 69.8 Å². The first-order valence-corrected chi connectivity index (χ1v) is 10.8. The molecule has 0 saturated carbocycles. The van der Waals surface area contributed by atoms with Crippen molar-refractivity contribution < 1.29 is 4.79 Å². The molecule has 34 heavy (non-hydrogen) atoms. The molecule has 0 N–H and O–H groups in total. The molecular weight excluding hydrogens is 416 g/mol. The first-order chi connectivity index (χ1) is 16.7. The van der Waals surface area contributed by atoms with Gasteiger partial charge in [0.2, 0.25) is 0 Å². The molecule has 0 unspecified atom stereocenters. The molecule has 5 rings (SSSR count). The van der Waals surface area contributed by atoms with Crippen molar-refractivity contribution in [2.45, 2.75) is 0 Å². The smallest absolute Gasteiger partial charge is 0.178 e. The maximum absolute atomic E-state index is 10.1. The fourth-order valence-corrected chi connectivity index (χ4v) is 3.75. The van der Waals surface area contributed by atoms with Gasteiger partial charge in [0.15, 0.2) is 5.78 Å². The van der Waals surface area contributed by atoms with E-state index in [0.717, 1.165) is 33.4 Å². The SMILES string of the molecule is N#Cc1ccc(-c2cccc(-c3ccccc3)c2-c2ccc(C#N)cc2)cc1.O=C1C=CC=C1. The van der Waals surface area contributed by atoms with E-state index in [-0.39, 0.29) is 5.78 Å². The Morgan fingerprint density at radius 3 is 1.41 bits per heavy atom. The van der Waals surface area contributed by atoms with Crippen LogP contribution in [0.15, 0.2) is 121 Å². The van der Waals surface area contributed by atoms with Crippen molar-refractivity contribution in [2.75, 3.05) is 0 Å². The van der Waals surface area contributed by atoms with Crippen LogP contribution in [0.2, 0.25) is 0 Å². The highest BCUT2D eigenvalue weighted by Gasteiger charge is 2.14. The Labute approximate surface area is 199 Å². The summed E-state index contributed by atoms with van der Waals surface area (Å²) in [7, 11) is 0. The third kappa shape index (κ3) is 5.07. The summed E-state index contributed by atoms with van der Waals surface area (Å²) >= 11 is 0. The normalized spacial score (nSPS) is 11.3. The van der Waals surface area contributed by atoms with E-state index in [0.29, 0.717) is 11.1 Å². The van der Waals surface area contributed by atoms with Crippen LogP contribution in [0, 0.1) is 22.7 Å². The quantitative estimate of drug-likeness (QED) is 0.344. The lowest BCUT2D eigenvalue weighted by molar-refractivity contribution is -0.110. The fraction of sp³-hybridized carbons (Fsp3) is 0. The molecule has 3 heteroatoms. The molecule has 3 nitrogen and oxygen atoms in total. The van der Waals surface area contributed by atoms with Gasteiger partial charge in [-0.3, -0.25) is 4.79 Å². The second kappa shape index (κ2) is 10.6. The zero-order chi connectivity index (χ0) is 23.8. The van der Waals surface area contributed by atoms with Crippen molar-refractivity contribution in [3.8, 4) is 45.5 Å². The number of carbonyl (C=O) groups is 1. The molecule has 0 radical (unpaired) electrons. The van der Waals surface area contributed by atoms with Crippen molar-refractivity contribution in [3.63, 3.8) is 0 Å².